The number of benzene rings is 2. The molecule has 0 aromatic heterocycles. The van der Waals surface area contributed by atoms with E-state index in [1.165, 1.54) is 22.5 Å². The van der Waals surface area contributed by atoms with Crippen LogP contribution in [-0.4, -0.2) is 37.9 Å². The number of Topliss-reactive ketones (excluding diaryl/α,β-unsaturated/α-hetero) is 1. The van der Waals surface area contributed by atoms with E-state index < -0.39 is 15.8 Å². The van der Waals surface area contributed by atoms with Gasteiger partial charge in [0.05, 0.1) is 4.90 Å². The molecule has 7 heteroatoms. The van der Waals surface area contributed by atoms with Crippen LogP contribution in [0.5, 0.6) is 0 Å². The van der Waals surface area contributed by atoms with Gasteiger partial charge in [0.25, 0.3) is 0 Å². The summed E-state index contributed by atoms with van der Waals surface area (Å²) in [4.78, 5) is 13.8. The lowest BCUT2D eigenvalue weighted by molar-refractivity contribution is 0.0872. The van der Waals surface area contributed by atoms with Crippen LogP contribution in [0.4, 0.5) is 4.39 Å². The van der Waals surface area contributed by atoms with Gasteiger partial charge in [-0.05, 0) is 49.4 Å². The van der Waals surface area contributed by atoms with Gasteiger partial charge in [0.2, 0.25) is 10.0 Å². The molecule has 0 aliphatic carbocycles. The summed E-state index contributed by atoms with van der Waals surface area (Å²) in [5.74, 6) is -1.02. The predicted octanol–water partition coefficient (Wildman–Crippen LogP) is 3.83. The summed E-state index contributed by atoms with van der Waals surface area (Å²) < 4.78 is 40.3. The summed E-state index contributed by atoms with van der Waals surface area (Å²) in [7, 11) is -3.81. The zero-order chi connectivity index (χ0) is 18.7. The van der Waals surface area contributed by atoms with E-state index >= 15 is 0 Å². The number of nitrogens with zero attached hydrogens (tertiary/aromatic N) is 1. The second-order valence-corrected chi connectivity index (χ2v) is 9.07. The molecule has 3 rings (SSSR count). The van der Waals surface area contributed by atoms with Crippen molar-refractivity contribution in [3.63, 3.8) is 0 Å². The summed E-state index contributed by atoms with van der Waals surface area (Å²) in [6, 6.07) is 12.3. The van der Waals surface area contributed by atoms with Crippen LogP contribution in [-0.2, 0) is 10.0 Å². The van der Waals surface area contributed by atoms with Gasteiger partial charge in [0.15, 0.2) is 5.78 Å². The SMILES string of the molecule is CSc1ccc(C(=O)[C@@H]2CCCN(S(=O)(=O)c3cccc(F)c3)C2)cc1. The maximum absolute atomic E-state index is 13.4. The average Bonchev–Trinajstić information content (AvgIpc) is 2.67. The Balaban J connectivity index is 1.79. The van der Waals surface area contributed by atoms with Crippen LogP contribution < -0.4 is 0 Å². The Bertz CT molecular complexity index is 897. The van der Waals surface area contributed by atoms with Crippen molar-refractivity contribution in [3.05, 3.63) is 59.9 Å². The van der Waals surface area contributed by atoms with Gasteiger partial charge in [-0.1, -0.05) is 18.2 Å². The molecule has 1 heterocycles. The number of hydrogen-bond acceptors (Lipinski definition) is 4. The number of ketones is 1. The van der Waals surface area contributed by atoms with Crippen molar-refractivity contribution in [2.75, 3.05) is 19.3 Å². The van der Waals surface area contributed by atoms with Crippen LogP contribution in [0.2, 0.25) is 0 Å². The number of hydrogen-bond donors (Lipinski definition) is 0. The predicted molar refractivity (Wildman–Crippen MR) is 100 cm³/mol. The zero-order valence-electron chi connectivity index (χ0n) is 14.4. The van der Waals surface area contributed by atoms with E-state index in [1.807, 2.05) is 18.4 Å². The van der Waals surface area contributed by atoms with Crippen molar-refractivity contribution in [2.45, 2.75) is 22.6 Å². The van der Waals surface area contributed by atoms with Crippen molar-refractivity contribution in [2.24, 2.45) is 5.92 Å². The van der Waals surface area contributed by atoms with Gasteiger partial charge in [-0.3, -0.25) is 4.79 Å². The molecule has 1 atom stereocenters. The number of carbonyl (C=O) groups excluding carboxylic acids is 1. The van der Waals surface area contributed by atoms with Crippen LogP contribution in [0, 0.1) is 11.7 Å². The second-order valence-electron chi connectivity index (χ2n) is 6.25. The molecule has 138 valence electrons. The van der Waals surface area contributed by atoms with Crippen LogP contribution >= 0.6 is 11.8 Å². The molecule has 1 saturated heterocycles. The van der Waals surface area contributed by atoms with Gasteiger partial charge >= 0.3 is 0 Å². The number of piperidine rings is 1. The maximum Gasteiger partial charge on any atom is 0.243 e. The van der Waals surface area contributed by atoms with Crippen molar-refractivity contribution in [3.8, 4) is 0 Å². The summed E-state index contributed by atoms with van der Waals surface area (Å²) in [6.45, 7) is 0.468. The topological polar surface area (TPSA) is 54.5 Å². The molecule has 1 fully saturated rings. The fourth-order valence-electron chi connectivity index (χ4n) is 3.14. The fourth-order valence-corrected chi connectivity index (χ4v) is 5.11. The first-order valence-corrected chi connectivity index (χ1v) is 11.0. The van der Waals surface area contributed by atoms with E-state index in [4.69, 9.17) is 0 Å². The van der Waals surface area contributed by atoms with Gasteiger partial charge in [0, 0.05) is 29.5 Å². The van der Waals surface area contributed by atoms with Crippen molar-refractivity contribution in [1.29, 1.82) is 0 Å². The Labute approximate surface area is 157 Å². The van der Waals surface area contributed by atoms with Crippen LogP contribution in [0.1, 0.15) is 23.2 Å². The number of sulfonamides is 1. The lowest BCUT2D eigenvalue weighted by Gasteiger charge is -2.31. The van der Waals surface area contributed by atoms with E-state index in [0.717, 1.165) is 11.0 Å². The quantitative estimate of drug-likeness (QED) is 0.572. The smallest absolute Gasteiger partial charge is 0.243 e. The summed E-state index contributed by atoms with van der Waals surface area (Å²) in [5.41, 5.74) is 0.595. The first-order chi connectivity index (χ1) is 12.4. The highest BCUT2D eigenvalue weighted by Crippen LogP contribution is 2.27. The molecule has 0 N–H and O–H groups in total. The second kappa shape index (κ2) is 7.90. The van der Waals surface area contributed by atoms with Gasteiger partial charge in [-0.2, -0.15) is 4.31 Å². The summed E-state index contributed by atoms with van der Waals surface area (Å²) >= 11 is 1.60. The molecule has 1 aliphatic heterocycles. The maximum atomic E-state index is 13.4. The third-order valence-electron chi connectivity index (χ3n) is 4.56. The molecule has 0 spiro atoms. The normalized spacial score (nSPS) is 18.6. The molecule has 0 amide bonds. The number of rotatable bonds is 5. The van der Waals surface area contributed by atoms with E-state index in [9.17, 15) is 17.6 Å². The van der Waals surface area contributed by atoms with Crippen molar-refractivity contribution >= 4 is 27.6 Å². The molecule has 0 radical (unpaired) electrons. The Morgan fingerprint density at radius 1 is 1.19 bits per heavy atom. The average molecular weight is 394 g/mol. The highest BCUT2D eigenvalue weighted by atomic mass is 32.2. The minimum Gasteiger partial charge on any atom is -0.294 e. The van der Waals surface area contributed by atoms with Gasteiger partial charge in [-0.15, -0.1) is 11.8 Å². The third-order valence-corrected chi connectivity index (χ3v) is 7.17. The van der Waals surface area contributed by atoms with Crippen LogP contribution in [0.15, 0.2) is 58.3 Å². The molecule has 4 nitrogen and oxygen atoms in total. The third kappa shape index (κ3) is 4.00. The molecule has 0 unspecified atom stereocenters. The molecular weight excluding hydrogens is 373 g/mol. The standard InChI is InChI=1S/C19H20FNO3S2/c1-25-17-9-7-14(8-10-17)19(22)15-4-3-11-21(13-15)26(23,24)18-6-2-5-16(20)12-18/h2,5-10,12,15H,3-4,11,13H2,1H3/t15-/m1/s1. The molecule has 2 aromatic carbocycles. The monoisotopic (exact) mass is 393 g/mol. The van der Waals surface area contributed by atoms with E-state index in [1.54, 1.807) is 23.9 Å². The highest BCUT2D eigenvalue weighted by Gasteiger charge is 2.33. The van der Waals surface area contributed by atoms with Gasteiger partial charge in [0.1, 0.15) is 5.82 Å². The first-order valence-electron chi connectivity index (χ1n) is 8.36. The van der Waals surface area contributed by atoms with Crippen LogP contribution in [0.3, 0.4) is 0 Å². The Morgan fingerprint density at radius 2 is 1.92 bits per heavy atom. The Hall–Kier alpha value is -1.70. The number of carbonyl (C=O) groups is 1. The lowest BCUT2D eigenvalue weighted by Crippen LogP contribution is -2.42. The molecule has 2 aromatic rings. The molecule has 0 bridgehead atoms. The molecule has 26 heavy (non-hydrogen) atoms. The number of thioether (sulfide) groups is 1. The highest BCUT2D eigenvalue weighted by molar-refractivity contribution is 7.98. The van der Waals surface area contributed by atoms with Crippen molar-refractivity contribution < 1.29 is 17.6 Å². The molecule has 1 aliphatic rings. The minimum atomic E-state index is -3.81. The van der Waals surface area contributed by atoms with Gasteiger partial charge in [-0.25, -0.2) is 12.8 Å². The Morgan fingerprint density at radius 3 is 2.58 bits per heavy atom. The summed E-state index contributed by atoms with van der Waals surface area (Å²) in [6.07, 6.45) is 3.22. The van der Waals surface area contributed by atoms with Crippen molar-refractivity contribution in [1.82, 2.24) is 4.31 Å². The Kier molecular flexibility index (Phi) is 5.79. The lowest BCUT2D eigenvalue weighted by atomic mass is 9.91. The van der Waals surface area contributed by atoms with E-state index in [-0.39, 0.29) is 23.1 Å². The fraction of sp³-hybridized carbons (Fsp3) is 0.316. The first kappa shape index (κ1) is 19.1. The molecule has 0 saturated carbocycles. The largest absolute Gasteiger partial charge is 0.294 e. The van der Waals surface area contributed by atoms with E-state index in [0.29, 0.717) is 24.9 Å². The van der Waals surface area contributed by atoms with Crippen LogP contribution in [0.25, 0.3) is 0 Å². The minimum absolute atomic E-state index is 0.0446. The molecular formula is C19H20FNO3S2. The zero-order valence-corrected chi connectivity index (χ0v) is 16.0. The summed E-state index contributed by atoms with van der Waals surface area (Å²) in [5, 5.41) is 0. The number of halogens is 1. The van der Waals surface area contributed by atoms with Gasteiger partial charge < -0.3 is 0 Å². The van der Waals surface area contributed by atoms with E-state index in [2.05, 4.69) is 0 Å².